The molecule has 1 aromatic rings. The zero-order chi connectivity index (χ0) is 24.8. The van der Waals surface area contributed by atoms with E-state index in [4.69, 9.17) is 0 Å². The normalized spacial score (nSPS) is 27.5. The molecule has 5 rings (SSSR count). The van der Waals surface area contributed by atoms with Gasteiger partial charge in [-0.05, 0) is 56.8 Å². The molecule has 2 atom stereocenters. The number of carbonyl (C=O) groups excluding carboxylic acids is 2. The zero-order valence-electron chi connectivity index (χ0n) is 20.0. The summed E-state index contributed by atoms with van der Waals surface area (Å²) in [6, 6.07) is 6.34. The van der Waals surface area contributed by atoms with Crippen LogP contribution in [0.1, 0.15) is 50.5 Å². The molecule has 3 aliphatic heterocycles. The molecule has 0 bridgehead atoms. The minimum atomic E-state index is -4.70. The molecule has 0 unspecified atom stereocenters. The molecule has 1 N–H and O–H groups in total. The molecule has 4 aliphatic rings. The van der Waals surface area contributed by atoms with Crippen molar-refractivity contribution in [1.82, 2.24) is 20.0 Å². The molecule has 1 aliphatic carbocycles. The maximum Gasteiger partial charge on any atom is 0.573 e. The Morgan fingerprint density at radius 1 is 1.11 bits per heavy atom. The Kier molecular flexibility index (Phi) is 6.46. The number of ether oxygens (including phenoxy) is 1. The first kappa shape index (κ1) is 24.4. The molecule has 0 aromatic heterocycles. The molecule has 1 aromatic carbocycles. The van der Waals surface area contributed by atoms with E-state index in [1.54, 1.807) is 17.0 Å². The summed E-state index contributed by atoms with van der Waals surface area (Å²) in [4.78, 5) is 32.8. The summed E-state index contributed by atoms with van der Waals surface area (Å²) in [5.41, 5.74) is 0.369. The SMILES string of the molecule is CN(C1CCC1)[C@H]1C[C@H]2C(=O)NC3(CCN(Cc4ccc(OC(F)(F)F)cc4)CC3)CC(=O)N2C1. The van der Waals surface area contributed by atoms with Crippen LogP contribution in [0, 0.1) is 0 Å². The highest BCUT2D eigenvalue weighted by Crippen LogP contribution is 2.35. The smallest absolute Gasteiger partial charge is 0.406 e. The highest BCUT2D eigenvalue weighted by molar-refractivity contribution is 5.92. The van der Waals surface area contributed by atoms with Gasteiger partial charge in [-0.15, -0.1) is 13.2 Å². The number of rotatable bonds is 5. The number of alkyl halides is 3. The van der Waals surface area contributed by atoms with Gasteiger partial charge in [-0.2, -0.15) is 0 Å². The molecule has 3 heterocycles. The van der Waals surface area contributed by atoms with E-state index in [-0.39, 0.29) is 29.6 Å². The van der Waals surface area contributed by atoms with Gasteiger partial charge in [-0.1, -0.05) is 18.6 Å². The number of nitrogens with zero attached hydrogens (tertiary/aromatic N) is 3. The quantitative estimate of drug-likeness (QED) is 0.682. The van der Waals surface area contributed by atoms with Crippen molar-refractivity contribution in [3.05, 3.63) is 29.8 Å². The van der Waals surface area contributed by atoms with E-state index in [9.17, 15) is 22.8 Å². The molecule has 2 amide bonds. The van der Waals surface area contributed by atoms with E-state index < -0.39 is 11.9 Å². The number of amides is 2. The number of hydrogen-bond donors (Lipinski definition) is 1. The Bertz CT molecular complexity index is 914. The first-order valence-corrected chi connectivity index (χ1v) is 12.5. The van der Waals surface area contributed by atoms with Gasteiger partial charge in [-0.25, -0.2) is 0 Å². The van der Waals surface area contributed by atoms with Crippen LogP contribution in [0.25, 0.3) is 0 Å². The molecule has 1 spiro atoms. The zero-order valence-corrected chi connectivity index (χ0v) is 20.0. The number of hydrogen-bond acceptors (Lipinski definition) is 5. The van der Waals surface area contributed by atoms with Crippen LogP contribution in [0.2, 0.25) is 0 Å². The lowest BCUT2D eigenvalue weighted by Crippen LogP contribution is -2.56. The van der Waals surface area contributed by atoms with E-state index in [1.807, 2.05) is 0 Å². The average molecular weight is 495 g/mol. The highest BCUT2D eigenvalue weighted by Gasteiger charge is 2.50. The van der Waals surface area contributed by atoms with Crippen LogP contribution < -0.4 is 10.1 Å². The van der Waals surface area contributed by atoms with Gasteiger partial charge in [0.25, 0.3) is 0 Å². The fourth-order valence-electron chi connectivity index (χ4n) is 6.00. The van der Waals surface area contributed by atoms with Crippen LogP contribution in [0.5, 0.6) is 5.75 Å². The number of carbonyl (C=O) groups is 2. The monoisotopic (exact) mass is 494 g/mol. The molecular weight excluding hydrogens is 461 g/mol. The summed E-state index contributed by atoms with van der Waals surface area (Å²) in [5.74, 6) is -0.208. The second kappa shape index (κ2) is 9.28. The number of halogens is 3. The van der Waals surface area contributed by atoms with Gasteiger partial charge in [0.05, 0.1) is 12.0 Å². The molecule has 7 nitrogen and oxygen atoms in total. The van der Waals surface area contributed by atoms with Crippen LogP contribution in [0.4, 0.5) is 13.2 Å². The summed E-state index contributed by atoms with van der Waals surface area (Å²) in [6.45, 7) is 2.62. The van der Waals surface area contributed by atoms with Crippen LogP contribution in [-0.2, 0) is 16.1 Å². The van der Waals surface area contributed by atoms with Gasteiger partial charge in [0.15, 0.2) is 0 Å². The lowest BCUT2D eigenvalue weighted by molar-refractivity contribution is -0.274. The third-order valence-electron chi connectivity index (χ3n) is 8.38. The van der Waals surface area contributed by atoms with Crippen molar-refractivity contribution >= 4 is 11.8 Å². The van der Waals surface area contributed by atoms with Gasteiger partial charge >= 0.3 is 6.36 Å². The number of likely N-dealkylation sites (tertiary alicyclic amines) is 1. The Morgan fingerprint density at radius 3 is 2.40 bits per heavy atom. The lowest BCUT2D eigenvalue weighted by Gasteiger charge is -2.41. The maximum atomic E-state index is 13.2. The second-order valence-electron chi connectivity index (χ2n) is 10.6. The lowest BCUT2D eigenvalue weighted by atomic mass is 9.83. The van der Waals surface area contributed by atoms with E-state index in [0.29, 0.717) is 57.9 Å². The minimum absolute atomic E-state index is 0.0333. The molecule has 3 saturated heterocycles. The standard InChI is InChI=1S/C25H33F3N4O3/c1-30(18-3-2-4-18)19-13-21-23(34)29-24(14-22(33)32(21)16-19)9-11-31(12-10-24)15-17-5-7-20(8-6-17)35-25(26,27)28/h5-8,18-19,21H,2-4,9-16H2,1H3,(H,29,34)/t19-,21-/m0/s1. The molecule has 0 radical (unpaired) electrons. The predicted octanol–water partition coefficient (Wildman–Crippen LogP) is 2.89. The maximum absolute atomic E-state index is 13.2. The largest absolute Gasteiger partial charge is 0.573 e. The predicted molar refractivity (Wildman–Crippen MR) is 122 cm³/mol. The highest BCUT2D eigenvalue weighted by atomic mass is 19.4. The number of fused-ring (bicyclic) bond motifs is 1. The van der Waals surface area contributed by atoms with Gasteiger partial charge in [0, 0.05) is 38.3 Å². The fraction of sp³-hybridized carbons (Fsp3) is 0.680. The number of benzene rings is 1. The minimum Gasteiger partial charge on any atom is -0.406 e. The van der Waals surface area contributed by atoms with Crippen LogP contribution in [-0.4, -0.2) is 83.2 Å². The number of piperidine rings is 1. The van der Waals surface area contributed by atoms with Gasteiger partial charge in [0.1, 0.15) is 11.8 Å². The van der Waals surface area contributed by atoms with E-state index >= 15 is 0 Å². The Morgan fingerprint density at radius 2 is 1.80 bits per heavy atom. The Labute approximate surface area is 203 Å². The van der Waals surface area contributed by atoms with Crippen molar-refractivity contribution in [3.8, 4) is 5.75 Å². The van der Waals surface area contributed by atoms with Gasteiger partial charge < -0.3 is 15.0 Å². The Balaban J connectivity index is 1.16. The van der Waals surface area contributed by atoms with Crippen molar-refractivity contribution in [2.75, 3.05) is 26.7 Å². The third-order valence-corrected chi connectivity index (χ3v) is 8.38. The summed E-state index contributed by atoms with van der Waals surface area (Å²) in [5, 5.41) is 3.26. The summed E-state index contributed by atoms with van der Waals surface area (Å²) in [6.07, 6.45) is 1.31. The van der Waals surface area contributed by atoms with Crippen molar-refractivity contribution in [2.24, 2.45) is 0 Å². The van der Waals surface area contributed by atoms with Gasteiger partial charge in [-0.3, -0.25) is 19.4 Å². The second-order valence-corrected chi connectivity index (χ2v) is 10.6. The molecule has 35 heavy (non-hydrogen) atoms. The summed E-state index contributed by atoms with van der Waals surface area (Å²) < 4.78 is 41.0. The first-order chi connectivity index (χ1) is 16.6. The van der Waals surface area contributed by atoms with Crippen LogP contribution in [0.3, 0.4) is 0 Å². The van der Waals surface area contributed by atoms with E-state index in [0.717, 1.165) is 5.56 Å². The Hall–Kier alpha value is -2.33. The van der Waals surface area contributed by atoms with Crippen molar-refractivity contribution in [2.45, 2.75) is 81.5 Å². The van der Waals surface area contributed by atoms with Crippen LogP contribution >= 0.6 is 0 Å². The van der Waals surface area contributed by atoms with Crippen molar-refractivity contribution in [1.29, 1.82) is 0 Å². The van der Waals surface area contributed by atoms with Gasteiger partial charge in [0.2, 0.25) is 11.8 Å². The van der Waals surface area contributed by atoms with Crippen LogP contribution in [0.15, 0.2) is 24.3 Å². The summed E-state index contributed by atoms with van der Waals surface area (Å²) in [7, 11) is 2.12. The number of nitrogens with one attached hydrogen (secondary N) is 1. The number of likely N-dealkylation sites (N-methyl/N-ethyl adjacent to an activating group) is 1. The molecule has 10 heteroatoms. The molecule has 4 fully saturated rings. The van der Waals surface area contributed by atoms with E-state index in [1.165, 1.54) is 31.4 Å². The van der Waals surface area contributed by atoms with E-state index in [2.05, 4.69) is 26.9 Å². The first-order valence-electron chi connectivity index (χ1n) is 12.5. The van der Waals surface area contributed by atoms with Crippen molar-refractivity contribution < 1.29 is 27.5 Å². The third kappa shape index (κ3) is 5.28. The fourth-order valence-corrected chi connectivity index (χ4v) is 6.00. The topological polar surface area (TPSA) is 65.1 Å². The molecule has 192 valence electrons. The average Bonchev–Trinajstić information content (AvgIpc) is 3.17. The van der Waals surface area contributed by atoms with Crippen molar-refractivity contribution in [3.63, 3.8) is 0 Å². The molecular formula is C25H33F3N4O3. The summed E-state index contributed by atoms with van der Waals surface area (Å²) >= 11 is 0. The molecule has 1 saturated carbocycles.